The Kier molecular flexibility index (Phi) is 3.51. The molecule has 1 aliphatic heterocycles. The number of nitrogens with two attached hydrogens (primary N) is 1. The lowest BCUT2D eigenvalue weighted by atomic mass is 10.1. The van der Waals surface area contributed by atoms with Crippen LogP contribution >= 0.6 is 0 Å². The summed E-state index contributed by atoms with van der Waals surface area (Å²) in [4.78, 5) is 28.1. The largest absolute Gasteiger partial charge is 0.330 e. The Hall–Kier alpha value is -1.72. The summed E-state index contributed by atoms with van der Waals surface area (Å²) in [6.45, 7) is 0.751. The summed E-state index contributed by atoms with van der Waals surface area (Å²) in [6, 6.07) is 6.77. The van der Waals surface area contributed by atoms with Crippen LogP contribution in [0.2, 0.25) is 0 Å². The molecule has 0 radical (unpaired) electrons. The van der Waals surface area contributed by atoms with Crippen molar-refractivity contribution >= 4 is 17.4 Å². The summed E-state index contributed by atoms with van der Waals surface area (Å²) in [6.07, 6.45) is 0.729. The van der Waals surface area contributed by atoms with Crippen molar-refractivity contribution in [3.05, 3.63) is 29.8 Å². The van der Waals surface area contributed by atoms with E-state index in [1.807, 2.05) is 0 Å². The monoisotopic (exact) mass is 234 g/mol. The van der Waals surface area contributed by atoms with Crippen molar-refractivity contribution in [3.8, 4) is 0 Å². The van der Waals surface area contributed by atoms with Crippen LogP contribution < -0.4 is 10.8 Å². The summed E-state index contributed by atoms with van der Waals surface area (Å²) in [5.74, 6) is -0.0567. The lowest BCUT2D eigenvalue weighted by Crippen LogP contribution is -2.22. The molecular formula is C12H14N2O3. The first-order valence-corrected chi connectivity index (χ1v) is 5.51. The molecule has 1 aromatic carbocycles. The van der Waals surface area contributed by atoms with Crippen LogP contribution in [0.5, 0.6) is 0 Å². The number of anilines is 1. The molecule has 0 unspecified atom stereocenters. The summed E-state index contributed by atoms with van der Waals surface area (Å²) in [7, 11) is 0. The van der Waals surface area contributed by atoms with E-state index in [1.165, 1.54) is 5.06 Å². The Morgan fingerprint density at radius 2 is 2.06 bits per heavy atom. The first kappa shape index (κ1) is 11.8. The third kappa shape index (κ3) is 2.51. The lowest BCUT2D eigenvalue weighted by Gasteiger charge is -2.13. The molecule has 1 heterocycles. The van der Waals surface area contributed by atoms with Crippen molar-refractivity contribution in [2.24, 2.45) is 5.73 Å². The fourth-order valence-electron chi connectivity index (χ4n) is 1.67. The Morgan fingerprint density at radius 1 is 1.35 bits per heavy atom. The molecule has 2 N–H and O–H groups in total. The number of Topliss-reactive ketones (excluding diaryl/α,β-unsaturated/α-hetero) is 1. The van der Waals surface area contributed by atoms with Gasteiger partial charge in [0.25, 0.3) is 5.91 Å². The molecule has 0 atom stereocenters. The van der Waals surface area contributed by atoms with Crippen molar-refractivity contribution in [1.29, 1.82) is 0 Å². The van der Waals surface area contributed by atoms with E-state index in [0.717, 1.165) is 0 Å². The number of hydrogen-bond acceptors (Lipinski definition) is 4. The van der Waals surface area contributed by atoms with Crippen LogP contribution in [-0.4, -0.2) is 24.8 Å². The predicted molar refractivity (Wildman–Crippen MR) is 62.5 cm³/mol. The van der Waals surface area contributed by atoms with Gasteiger partial charge in [0.2, 0.25) is 0 Å². The molecule has 0 spiro atoms. The maximum absolute atomic E-state index is 11.5. The van der Waals surface area contributed by atoms with Crippen LogP contribution in [0.3, 0.4) is 0 Å². The third-order valence-corrected chi connectivity index (χ3v) is 2.56. The third-order valence-electron chi connectivity index (χ3n) is 2.56. The van der Waals surface area contributed by atoms with E-state index < -0.39 is 0 Å². The summed E-state index contributed by atoms with van der Waals surface area (Å²) in [5, 5.41) is 1.26. The van der Waals surface area contributed by atoms with E-state index in [0.29, 0.717) is 37.2 Å². The van der Waals surface area contributed by atoms with Gasteiger partial charge in [-0.25, -0.2) is 0 Å². The average Bonchev–Trinajstić information content (AvgIpc) is 2.76. The van der Waals surface area contributed by atoms with Crippen molar-refractivity contribution in [2.45, 2.75) is 12.8 Å². The summed E-state index contributed by atoms with van der Waals surface area (Å²) in [5.41, 5.74) is 6.57. The minimum Gasteiger partial charge on any atom is -0.330 e. The number of amides is 1. The van der Waals surface area contributed by atoms with Gasteiger partial charge in [-0.1, -0.05) is 0 Å². The highest BCUT2D eigenvalue weighted by atomic mass is 16.7. The Morgan fingerprint density at radius 3 is 2.59 bits per heavy atom. The molecule has 90 valence electrons. The number of carbonyl (C=O) groups is 2. The van der Waals surface area contributed by atoms with Gasteiger partial charge in [0.15, 0.2) is 5.78 Å². The molecule has 2 rings (SSSR count). The molecule has 5 heteroatoms. The Labute approximate surface area is 99.1 Å². The quantitative estimate of drug-likeness (QED) is 0.785. The van der Waals surface area contributed by atoms with Gasteiger partial charge in [-0.3, -0.25) is 14.4 Å². The zero-order valence-electron chi connectivity index (χ0n) is 9.39. The number of hydrogen-bond donors (Lipinski definition) is 1. The van der Waals surface area contributed by atoms with Crippen LogP contribution in [0.15, 0.2) is 24.3 Å². The predicted octanol–water partition coefficient (Wildman–Crippen LogP) is 0.886. The molecule has 0 saturated carbocycles. The second-order valence-corrected chi connectivity index (χ2v) is 3.78. The topological polar surface area (TPSA) is 72.6 Å². The van der Waals surface area contributed by atoms with Gasteiger partial charge >= 0.3 is 0 Å². The normalized spacial score (nSPS) is 15.4. The standard InChI is InChI=1S/C12H14N2O3/c13-7-5-11(15)9-1-3-10(4-2-9)14-12(16)6-8-17-14/h1-4H,5-8,13H2. The molecule has 1 fully saturated rings. The van der Waals surface area contributed by atoms with Crippen LogP contribution in [0.4, 0.5) is 5.69 Å². The zero-order chi connectivity index (χ0) is 12.3. The first-order valence-electron chi connectivity index (χ1n) is 5.51. The highest BCUT2D eigenvalue weighted by molar-refractivity contribution is 5.97. The Bertz CT molecular complexity index is 428. The fourth-order valence-corrected chi connectivity index (χ4v) is 1.67. The van der Waals surface area contributed by atoms with E-state index in [9.17, 15) is 9.59 Å². The van der Waals surface area contributed by atoms with Crippen LogP contribution in [0.1, 0.15) is 23.2 Å². The number of nitrogens with zero attached hydrogens (tertiary/aromatic N) is 1. The van der Waals surface area contributed by atoms with Crippen LogP contribution in [0, 0.1) is 0 Å². The van der Waals surface area contributed by atoms with Gasteiger partial charge in [-0.2, -0.15) is 5.06 Å². The molecule has 0 aromatic heterocycles. The Balaban J connectivity index is 2.12. The first-order chi connectivity index (χ1) is 8.22. The molecule has 1 aliphatic rings. The fraction of sp³-hybridized carbons (Fsp3) is 0.333. The smallest absolute Gasteiger partial charge is 0.253 e. The van der Waals surface area contributed by atoms with E-state index in [1.54, 1.807) is 24.3 Å². The minimum absolute atomic E-state index is 0.00715. The molecule has 0 bridgehead atoms. The van der Waals surface area contributed by atoms with Gasteiger partial charge in [-0.05, 0) is 30.8 Å². The van der Waals surface area contributed by atoms with Crippen LogP contribution in [0.25, 0.3) is 0 Å². The zero-order valence-corrected chi connectivity index (χ0v) is 9.39. The summed E-state index contributed by atoms with van der Waals surface area (Å²) < 4.78 is 0. The molecule has 0 aliphatic carbocycles. The highest BCUT2D eigenvalue weighted by Gasteiger charge is 2.23. The minimum atomic E-state index is -0.0639. The number of carbonyl (C=O) groups excluding carboxylic acids is 2. The van der Waals surface area contributed by atoms with E-state index in [2.05, 4.69) is 0 Å². The molecule has 1 saturated heterocycles. The average molecular weight is 234 g/mol. The molecular weight excluding hydrogens is 220 g/mol. The maximum atomic E-state index is 11.5. The number of hydroxylamine groups is 1. The number of ketones is 1. The highest BCUT2D eigenvalue weighted by Crippen LogP contribution is 2.20. The van der Waals surface area contributed by atoms with E-state index in [4.69, 9.17) is 10.6 Å². The second kappa shape index (κ2) is 5.07. The van der Waals surface area contributed by atoms with Crippen molar-refractivity contribution in [3.63, 3.8) is 0 Å². The van der Waals surface area contributed by atoms with Gasteiger partial charge in [0.05, 0.1) is 18.7 Å². The molecule has 17 heavy (non-hydrogen) atoms. The lowest BCUT2D eigenvalue weighted by molar-refractivity contribution is -0.119. The van der Waals surface area contributed by atoms with Gasteiger partial charge in [-0.15, -0.1) is 0 Å². The number of benzene rings is 1. The number of rotatable bonds is 4. The van der Waals surface area contributed by atoms with Crippen LogP contribution in [-0.2, 0) is 9.63 Å². The van der Waals surface area contributed by atoms with E-state index in [-0.39, 0.29) is 11.7 Å². The molecule has 5 nitrogen and oxygen atoms in total. The van der Waals surface area contributed by atoms with Crippen molar-refractivity contribution in [2.75, 3.05) is 18.2 Å². The summed E-state index contributed by atoms with van der Waals surface area (Å²) >= 11 is 0. The van der Waals surface area contributed by atoms with Gasteiger partial charge in [0, 0.05) is 12.0 Å². The second-order valence-electron chi connectivity index (χ2n) is 3.78. The van der Waals surface area contributed by atoms with Crippen molar-refractivity contribution in [1.82, 2.24) is 0 Å². The SMILES string of the molecule is NCCC(=O)c1ccc(N2OCCC2=O)cc1. The van der Waals surface area contributed by atoms with Gasteiger partial charge < -0.3 is 5.73 Å². The van der Waals surface area contributed by atoms with Crippen molar-refractivity contribution < 1.29 is 14.4 Å². The van der Waals surface area contributed by atoms with E-state index >= 15 is 0 Å². The maximum Gasteiger partial charge on any atom is 0.253 e. The van der Waals surface area contributed by atoms with Gasteiger partial charge in [0.1, 0.15) is 0 Å². The molecule has 1 amide bonds. The molecule has 1 aromatic rings.